The third-order valence-corrected chi connectivity index (χ3v) is 3.42. The summed E-state index contributed by atoms with van der Waals surface area (Å²) in [7, 11) is 0. The summed E-state index contributed by atoms with van der Waals surface area (Å²) in [6, 6.07) is 6.13. The Kier molecular flexibility index (Phi) is 5.09. The van der Waals surface area contributed by atoms with E-state index in [4.69, 9.17) is 10.5 Å². The normalized spacial score (nSPS) is 13.7. The van der Waals surface area contributed by atoms with Crippen molar-refractivity contribution in [3.05, 3.63) is 35.6 Å². The fourth-order valence-electron chi connectivity index (χ4n) is 2.25. The Hall–Kier alpha value is -0.930. The van der Waals surface area contributed by atoms with Gasteiger partial charge in [-0.15, -0.1) is 0 Å². The van der Waals surface area contributed by atoms with Gasteiger partial charge in [0.25, 0.3) is 0 Å². The molecule has 0 aliphatic carbocycles. The van der Waals surface area contributed by atoms with E-state index in [0.29, 0.717) is 6.61 Å². The van der Waals surface area contributed by atoms with Crippen molar-refractivity contribution in [1.82, 2.24) is 0 Å². The molecule has 0 aliphatic heterocycles. The van der Waals surface area contributed by atoms with Crippen LogP contribution < -0.4 is 5.73 Å². The van der Waals surface area contributed by atoms with Gasteiger partial charge in [-0.05, 0) is 37.5 Å². The molecular weight excluding hydrogens is 217 g/mol. The van der Waals surface area contributed by atoms with E-state index < -0.39 is 0 Å². The molecule has 0 saturated heterocycles. The molecule has 0 amide bonds. The maximum Gasteiger partial charge on any atom is 0.123 e. The molecule has 1 aromatic rings. The lowest BCUT2D eigenvalue weighted by Crippen LogP contribution is -2.43. The van der Waals surface area contributed by atoms with Crippen LogP contribution in [0, 0.1) is 5.82 Å². The van der Waals surface area contributed by atoms with Gasteiger partial charge in [-0.1, -0.05) is 26.0 Å². The molecule has 0 fully saturated rings. The van der Waals surface area contributed by atoms with Crippen molar-refractivity contribution in [3.8, 4) is 0 Å². The number of hydrogen-bond acceptors (Lipinski definition) is 2. The standard InChI is InChI=1S/C14H22FNO/c1-4-14(5-2,17-6-3)13(16)11-7-9-12(15)10-8-11/h7-10,13H,4-6,16H2,1-3H3. The van der Waals surface area contributed by atoms with E-state index in [1.807, 2.05) is 6.92 Å². The first-order chi connectivity index (χ1) is 8.09. The van der Waals surface area contributed by atoms with Crippen LogP contribution in [0.5, 0.6) is 0 Å². The van der Waals surface area contributed by atoms with Crippen LogP contribution in [0.25, 0.3) is 0 Å². The highest BCUT2D eigenvalue weighted by Crippen LogP contribution is 2.33. The second kappa shape index (κ2) is 6.12. The van der Waals surface area contributed by atoms with Crippen LogP contribution in [0.4, 0.5) is 4.39 Å². The lowest BCUT2D eigenvalue weighted by Gasteiger charge is -2.37. The third kappa shape index (κ3) is 3.05. The summed E-state index contributed by atoms with van der Waals surface area (Å²) in [5, 5.41) is 0. The van der Waals surface area contributed by atoms with E-state index in [9.17, 15) is 4.39 Å². The average Bonchev–Trinajstić information content (AvgIpc) is 2.36. The maximum atomic E-state index is 12.9. The Bertz CT molecular complexity index is 333. The molecule has 2 N–H and O–H groups in total. The topological polar surface area (TPSA) is 35.2 Å². The predicted octanol–water partition coefficient (Wildman–Crippen LogP) is 3.42. The first kappa shape index (κ1) is 14.1. The zero-order valence-corrected chi connectivity index (χ0v) is 10.9. The first-order valence-electron chi connectivity index (χ1n) is 6.24. The zero-order chi connectivity index (χ0) is 12.9. The Balaban J connectivity index is 2.98. The summed E-state index contributed by atoms with van der Waals surface area (Å²) in [5.74, 6) is -0.240. The highest BCUT2D eigenvalue weighted by molar-refractivity contribution is 5.22. The quantitative estimate of drug-likeness (QED) is 0.825. The number of halogens is 1. The highest BCUT2D eigenvalue weighted by Gasteiger charge is 2.34. The predicted molar refractivity (Wildman–Crippen MR) is 68.3 cm³/mol. The molecule has 0 spiro atoms. The van der Waals surface area contributed by atoms with Crippen LogP contribution in [0.3, 0.4) is 0 Å². The van der Waals surface area contributed by atoms with Crippen molar-refractivity contribution in [2.45, 2.75) is 45.3 Å². The second-order valence-corrected chi connectivity index (χ2v) is 4.23. The first-order valence-corrected chi connectivity index (χ1v) is 6.24. The fourth-order valence-corrected chi connectivity index (χ4v) is 2.25. The summed E-state index contributed by atoms with van der Waals surface area (Å²) in [6.45, 7) is 6.75. The van der Waals surface area contributed by atoms with E-state index in [-0.39, 0.29) is 17.5 Å². The van der Waals surface area contributed by atoms with Gasteiger partial charge in [0.15, 0.2) is 0 Å². The Morgan fingerprint density at radius 1 is 1.18 bits per heavy atom. The van der Waals surface area contributed by atoms with Gasteiger partial charge in [0, 0.05) is 6.61 Å². The monoisotopic (exact) mass is 239 g/mol. The van der Waals surface area contributed by atoms with Gasteiger partial charge in [-0.2, -0.15) is 0 Å². The second-order valence-electron chi connectivity index (χ2n) is 4.23. The molecule has 1 atom stereocenters. The van der Waals surface area contributed by atoms with Gasteiger partial charge in [-0.3, -0.25) is 0 Å². The Morgan fingerprint density at radius 3 is 2.12 bits per heavy atom. The maximum absolute atomic E-state index is 12.9. The van der Waals surface area contributed by atoms with Gasteiger partial charge in [0.2, 0.25) is 0 Å². The smallest absolute Gasteiger partial charge is 0.123 e. The number of rotatable bonds is 6. The largest absolute Gasteiger partial charge is 0.373 e. The number of ether oxygens (including phenoxy) is 1. The molecule has 1 aromatic carbocycles. The van der Waals surface area contributed by atoms with Gasteiger partial charge in [0.1, 0.15) is 5.82 Å². The lowest BCUT2D eigenvalue weighted by atomic mass is 9.84. The Morgan fingerprint density at radius 2 is 1.71 bits per heavy atom. The van der Waals surface area contributed by atoms with Crippen molar-refractivity contribution in [3.63, 3.8) is 0 Å². The molecule has 0 bridgehead atoms. The van der Waals surface area contributed by atoms with Crippen molar-refractivity contribution in [2.24, 2.45) is 5.73 Å². The van der Waals surface area contributed by atoms with Crippen molar-refractivity contribution in [1.29, 1.82) is 0 Å². The molecule has 0 aliphatic rings. The molecule has 0 heterocycles. The fraction of sp³-hybridized carbons (Fsp3) is 0.571. The molecule has 1 unspecified atom stereocenters. The van der Waals surface area contributed by atoms with Crippen molar-refractivity contribution < 1.29 is 9.13 Å². The molecule has 96 valence electrons. The summed E-state index contributed by atoms with van der Waals surface area (Å²) in [4.78, 5) is 0. The SMILES string of the molecule is CCOC(CC)(CC)C(N)c1ccc(F)cc1. The number of benzene rings is 1. The van der Waals surface area contributed by atoms with E-state index in [0.717, 1.165) is 18.4 Å². The zero-order valence-electron chi connectivity index (χ0n) is 10.9. The van der Waals surface area contributed by atoms with Gasteiger partial charge in [0.05, 0.1) is 11.6 Å². The minimum Gasteiger partial charge on any atom is -0.373 e. The summed E-state index contributed by atoms with van der Waals surface area (Å²) in [6.07, 6.45) is 1.69. The highest BCUT2D eigenvalue weighted by atomic mass is 19.1. The van der Waals surface area contributed by atoms with Crippen LogP contribution in [0.2, 0.25) is 0 Å². The molecule has 0 saturated carbocycles. The van der Waals surface area contributed by atoms with Crippen LogP contribution >= 0.6 is 0 Å². The van der Waals surface area contributed by atoms with Crippen LogP contribution in [-0.2, 0) is 4.74 Å². The van der Waals surface area contributed by atoms with Crippen molar-refractivity contribution in [2.75, 3.05) is 6.61 Å². The summed E-state index contributed by atoms with van der Waals surface area (Å²) >= 11 is 0. The Labute approximate surface area is 103 Å². The van der Waals surface area contributed by atoms with Crippen LogP contribution in [-0.4, -0.2) is 12.2 Å². The van der Waals surface area contributed by atoms with Gasteiger partial charge < -0.3 is 10.5 Å². The molecule has 17 heavy (non-hydrogen) atoms. The van der Waals surface area contributed by atoms with Crippen LogP contribution in [0.1, 0.15) is 45.2 Å². The molecule has 2 nitrogen and oxygen atoms in total. The van der Waals surface area contributed by atoms with Gasteiger partial charge >= 0.3 is 0 Å². The van der Waals surface area contributed by atoms with E-state index in [1.165, 1.54) is 12.1 Å². The van der Waals surface area contributed by atoms with Gasteiger partial charge in [-0.25, -0.2) is 4.39 Å². The van der Waals surface area contributed by atoms with Crippen molar-refractivity contribution >= 4 is 0 Å². The molecular formula is C14H22FNO. The molecule has 0 aromatic heterocycles. The minimum atomic E-state index is -0.355. The van der Waals surface area contributed by atoms with E-state index in [1.54, 1.807) is 12.1 Å². The molecule has 3 heteroatoms. The number of hydrogen-bond donors (Lipinski definition) is 1. The average molecular weight is 239 g/mol. The molecule has 0 radical (unpaired) electrons. The molecule has 1 rings (SSSR count). The summed E-state index contributed by atoms with van der Waals surface area (Å²) in [5.41, 5.74) is 6.85. The lowest BCUT2D eigenvalue weighted by molar-refractivity contribution is -0.0645. The van der Waals surface area contributed by atoms with E-state index in [2.05, 4.69) is 13.8 Å². The minimum absolute atomic E-state index is 0.224. The number of nitrogens with two attached hydrogens (primary N) is 1. The summed E-state index contributed by atoms with van der Waals surface area (Å²) < 4.78 is 18.7. The van der Waals surface area contributed by atoms with E-state index >= 15 is 0 Å². The van der Waals surface area contributed by atoms with Crippen LogP contribution in [0.15, 0.2) is 24.3 Å². The third-order valence-electron chi connectivity index (χ3n) is 3.42.